The van der Waals surface area contributed by atoms with Crippen LogP contribution in [0, 0.1) is 5.82 Å². The molecular weight excluding hydrogens is 231 g/mol. The third-order valence-corrected chi connectivity index (χ3v) is 3.28. The first-order chi connectivity index (χ1) is 8.74. The van der Waals surface area contributed by atoms with Gasteiger partial charge in [0.15, 0.2) is 0 Å². The van der Waals surface area contributed by atoms with Gasteiger partial charge in [-0.25, -0.2) is 4.39 Å². The highest BCUT2D eigenvalue weighted by atomic mass is 19.1. The molecule has 1 atom stereocenters. The fourth-order valence-corrected chi connectivity index (χ4v) is 2.12. The molecular formula is C14H21FN2O. The Balaban J connectivity index is 2.01. The number of aliphatic hydroxyl groups is 1. The number of nitrogens with one attached hydrogen (secondary N) is 1. The first-order valence-corrected chi connectivity index (χ1v) is 6.61. The van der Waals surface area contributed by atoms with Crippen molar-refractivity contribution in [2.24, 2.45) is 0 Å². The lowest BCUT2D eigenvalue weighted by Gasteiger charge is -2.28. The molecule has 1 fully saturated rings. The molecule has 1 aliphatic carbocycles. The Morgan fingerprint density at radius 3 is 2.72 bits per heavy atom. The number of hydrogen-bond donors (Lipinski definition) is 2. The molecule has 1 unspecified atom stereocenters. The predicted octanol–water partition coefficient (Wildman–Crippen LogP) is 1.76. The van der Waals surface area contributed by atoms with Crippen LogP contribution < -0.4 is 10.2 Å². The van der Waals surface area contributed by atoms with Crippen molar-refractivity contribution in [2.45, 2.75) is 31.8 Å². The molecule has 1 saturated carbocycles. The van der Waals surface area contributed by atoms with Crippen molar-refractivity contribution < 1.29 is 9.50 Å². The van der Waals surface area contributed by atoms with Crippen LogP contribution >= 0.6 is 0 Å². The number of hydrogen-bond acceptors (Lipinski definition) is 3. The Hall–Kier alpha value is -1.13. The molecule has 0 spiro atoms. The van der Waals surface area contributed by atoms with Gasteiger partial charge in [-0.05, 0) is 31.9 Å². The molecule has 18 heavy (non-hydrogen) atoms. The standard InChI is InChI=1S/C14H21FN2O/c1-2-17(14-6-4-3-5-13(14)15)9-12(10-18)16-11-7-8-11/h3-6,11-12,16,18H,2,7-10H2,1H3. The van der Waals surface area contributed by atoms with E-state index in [1.165, 1.54) is 18.9 Å². The van der Waals surface area contributed by atoms with Crippen molar-refractivity contribution >= 4 is 5.69 Å². The molecule has 0 bridgehead atoms. The van der Waals surface area contributed by atoms with Gasteiger partial charge >= 0.3 is 0 Å². The normalized spacial score (nSPS) is 16.6. The summed E-state index contributed by atoms with van der Waals surface area (Å²) in [6.45, 7) is 3.44. The largest absolute Gasteiger partial charge is 0.395 e. The van der Waals surface area contributed by atoms with Gasteiger partial charge in [0, 0.05) is 25.2 Å². The topological polar surface area (TPSA) is 35.5 Å². The van der Waals surface area contributed by atoms with E-state index in [4.69, 9.17) is 0 Å². The molecule has 100 valence electrons. The van der Waals surface area contributed by atoms with Crippen LogP contribution in [-0.4, -0.2) is 36.9 Å². The maximum absolute atomic E-state index is 13.7. The van der Waals surface area contributed by atoms with Crippen LogP contribution in [0.1, 0.15) is 19.8 Å². The van der Waals surface area contributed by atoms with Gasteiger partial charge in [0.1, 0.15) is 5.82 Å². The molecule has 1 aromatic rings. The highest BCUT2D eigenvalue weighted by Crippen LogP contribution is 2.21. The third kappa shape index (κ3) is 3.43. The molecule has 1 aromatic carbocycles. The van der Waals surface area contributed by atoms with Gasteiger partial charge in [0.05, 0.1) is 12.3 Å². The van der Waals surface area contributed by atoms with Gasteiger partial charge in [-0.1, -0.05) is 12.1 Å². The van der Waals surface area contributed by atoms with Crippen molar-refractivity contribution in [3.8, 4) is 0 Å². The number of benzene rings is 1. The molecule has 2 N–H and O–H groups in total. The third-order valence-electron chi connectivity index (χ3n) is 3.28. The smallest absolute Gasteiger partial charge is 0.146 e. The second-order valence-corrected chi connectivity index (χ2v) is 4.81. The summed E-state index contributed by atoms with van der Waals surface area (Å²) in [4.78, 5) is 1.96. The average molecular weight is 252 g/mol. The maximum Gasteiger partial charge on any atom is 0.146 e. The quantitative estimate of drug-likeness (QED) is 0.776. The van der Waals surface area contributed by atoms with Gasteiger partial charge in [-0.15, -0.1) is 0 Å². The molecule has 0 aromatic heterocycles. The lowest BCUT2D eigenvalue weighted by Crippen LogP contribution is -2.44. The number of anilines is 1. The van der Waals surface area contributed by atoms with E-state index in [1.54, 1.807) is 12.1 Å². The lowest BCUT2D eigenvalue weighted by atomic mass is 10.2. The summed E-state index contributed by atoms with van der Waals surface area (Å²) in [7, 11) is 0. The fraction of sp³-hybridized carbons (Fsp3) is 0.571. The predicted molar refractivity (Wildman–Crippen MR) is 71.3 cm³/mol. The molecule has 2 rings (SSSR count). The first-order valence-electron chi connectivity index (χ1n) is 6.61. The molecule has 0 saturated heterocycles. The molecule has 0 heterocycles. The molecule has 0 amide bonds. The van der Waals surface area contributed by atoms with E-state index in [0.717, 1.165) is 6.54 Å². The minimum absolute atomic E-state index is 0.0112. The van der Waals surface area contributed by atoms with Crippen molar-refractivity contribution in [2.75, 3.05) is 24.6 Å². The Morgan fingerprint density at radius 2 is 2.17 bits per heavy atom. The second-order valence-electron chi connectivity index (χ2n) is 4.81. The summed E-state index contributed by atoms with van der Waals surface area (Å²) < 4.78 is 13.7. The Kier molecular flexibility index (Phi) is 4.55. The van der Waals surface area contributed by atoms with Crippen LogP contribution in [0.4, 0.5) is 10.1 Å². The number of nitrogens with zero attached hydrogens (tertiary/aromatic N) is 1. The number of para-hydroxylation sites is 1. The van der Waals surface area contributed by atoms with Crippen LogP contribution in [0.2, 0.25) is 0 Å². The SMILES string of the molecule is CCN(CC(CO)NC1CC1)c1ccccc1F. The zero-order chi connectivity index (χ0) is 13.0. The van der Waals surface area contributed by atoms with Crippen LogP contribution in [0.25, 0.3) is 0 Å². The monoisotopic (exact) mass is 252 g/mol. The summed E-state index contributed by atoms with van der Waals surface area (Å²) in [5.41, 5.74) is 0.607. The van der Waals surface area contributed by atoms with E-state index in [1.807, 2.05) is 17.9 Å². The summed E-state index contributed by atoms with van der Waals surface area (Å²) in [6.07, 6.45) is 2.37. The van der Waals surface area contributed by atoms with E-state index in [-0.39, 0.29) is 18.5 Å². The highest BCUT2D eigenvalue weighted by Gasteiger charge is 2.25. The summed E-state index contributed by atoms with van der Waals surface area (Å²) >= 11 is 0. The van der Waals surface area contributed by atoms with E-state index in [2.05, 4.69) is 5.32 Å². The van der Waals surface area contributed by atoms with E-state index in [0.29, 0.717) is 18.3 Å². The molecule has 1 aliphatic rings. The van der Waals surface area contributed by atoms with Crippen LogP contribution in [0.3, 0.4) is 0 Å². The summed E-state index contributed by atoms with van der Waals surface area (Å²) in [6, 6.07) is 7.34. The van der Waals surface area contributed by atoms with Crippen molar-refractivity contribution in [3.05, 3.63) is 30.1 Å². The second kappa shape index (κ2) is 6.16. The van der Waals surface area contributed by atoms with Crippen molar-refractivity contribution in [1.29, 1.82) is 0 Å². The van der Waals surface area contributed by atoms with E-state index in [9.17, 15) is 9.50 Å². The van der Waals surface area contributed by atoms with Crippen LogP contribution in [0.15, 0.2) is 24.3 Å². The fourth-order valence-electron chi connectivity index (χ4n) is 2.12. The zero-order valence-electron chi connectivity index (χ0n) is 10.8. The molecule has 3 nitrogen and oxygen atoms in total. The van der Waals surface area contributed by atoms with Crippen LogP contribution in [0.5, 0.6) is 0 Å². The average Bonchev–Trinajstić information content (AvgIpc) is 3.19. The summed E-state index contributed by atoms with van der Waals surface area (Å²) in [5, 5.41) is 12.8. The first kappa shape index (κ1) is 13.3. The number of halogens is 1. The maximum atomic E-state index is 13.7. The van der Waals surface area contributed by atoms with Crippen molar-refractivity contribution in [1.82, 2.24) is 5.32 Å². The number of likely N-dealkylation sites (N-methyl/N-ethyl adjacent to an activating group) is 1. The molecule has 4 heteroatoms. The van der Waals surface area contributed by atoms with Gasteiger partial charge in [0.25, 0.3) is 0 Å². The lowest BCUT2D eigenvalue weighted by molar-refractivity contribution is 0.242. The van der Waals surface area contributed by atoms with Crippen molar-refractivity contribution in [3.63, 3.8) is 0 Å². The Bertz CT molecular complexity index is 382. The Morgan fingerprint density at radius 1 is 1.44 bits per heavy atom. The number of rotatable bonds is 7. The van der Waals surface area contributed by atoms with Gasteiger partial charge in [-0.2, -0.15) is 0 Å². The molecule has 0 aliphatic heterocycles. The highest BCUT2D eigenvalue weighted by molar-refractivity contribution is 5.47. The van der Waals surface area contributed by atoms with Gasteiger partial charge < -0.3 is 15.3 Å². The van der Waals surface area contributed by atoms with Crippen LogP contribution in [-0.2, 0) is 0 Å². The number of aliphatic hydroxyl groups excluding tert-OH is 1. The zero-order valence-corrected chi connectivity index (χ0v) is 10.8. The molecule has 0 radical (unpaired) electrons. The van der Waals surface area contributed by atoms with Gasteiger partial charge in [0.2, 0.25) is 0 Å². The summed E-state index contributed by atoms with van der Waals surface area (Å²) in [5.74, 6) is -0.206. The van der Waals surface area contributed by atoms with E-state index < -0.39 is 0 Å². The minimum Gasteiger partial charge on any atom is -0.395 e. The van der Waals surface area contributed by atoms with Gasteiger partial charge in [-0.3, -0.25) is 0 Å². The van der Waals surface area contributed by atoms with E-state index >= 15 is 0 Å². The minimum atomic E-state index is -0.206. The Labute approximate surface area is 108 Å².